The minimum atomic E-state index is 0.195. The Bertz CT molecular complexity index is 391. The molecule has 2 rings (SSSR count). The van der Waals surface area contributed by atoms with Crippen LogP contribution < -0.4 is 0 Å². The van der Waals surface area contributed by atoms with Gasteiger partial charge in [0.2, 0.25) is 0 Å². The summed E-state index contributed by atoms with van der Waals surface area (Å²) in [6.07, 6.45) is 3.35. The van der Waals surface area contributed by atoms with E-state index >= 15 is 0 Å². The minimum absolute atomic E-state index is 0.195. The molecule has 1 aromatic rings. The monoisotopic (exact) mass is 218 g/mol. The van der Waals surface area contributed by atoms with Crippen LogP contribution in [-0.4, -0.2) is 18.0 Å². The van der Waals surface area contributed by atoms with Crippen LogP contribution in [0.3, 0.4) is 0 Å². The Morgan fingerprint density at radius 1 is 1.50 bits per heavy atom. The van der Waals surface area contributed by atoms with E-state index in [1.807, 2.05) is 19.1 Å². The number of hydrogen-bond acceptors (Lipinski definition) is 3. The fourth-order valence-electron chi connectivity index (χ4n) is 2.55. The lowest BCUT2D eigenvalue weighted by Gasteiger charge is -2.25. The standard InChI is InChI=1S/C13H18N2O/c1-10-6-7-12(16-10)9-15(2)13-5-3-4-11(13)8-14/h6-7,11,13H,3-5,9H2,1-2H3. The number of rotatable bonds is 3. The molecule has 3 nitrogen and oxygen atoms in total. The molecule has 1 aliphatic rings. The van der Waals surface area contributed by atoms with Crippen LogP contribution in [-0.2, 0) is 6.54 Å². The predicted octanol–water partition coefficient (Wildman–Crippen LogP) is 2.71. The predicted molar refractivity (Wildman–Crippen MR) is 61.7 cm³/mol. The summed E-state index contributed by atoms with van der Waals surface area (Å²) >= 11 is 0. The summed E-state index contributed by atoms with van der Waals surface area (Å²) in [5.41, 5.74) is 0. The van der Waals surface area contributed by atoms with Gasteiger partial charge in [-0.05, 0) is 38.9 Å². The highest BCUT2D eigenvalue weighted by Crippen LogP contribution is 2.29. The van der Waals surface area contributed by atoms with Crippen LogP contribution in [0.4, 0.5) is 0 Å². The van der Waals surface area contributed by atoms with E-state index in [4.69, 9.17) is 9.68 Å². The Labute approximate surface area is 96.7 Å². The first-order chi connectivity index (χ1) is 7.70. The van der Waals surface area contributed by atoms with Gasteiger partial charge in [-0.3, -0.25) is 4.90 Å². The molecule has 1 fully saturated rings. The molecule has 1 heterocycles. The van der Waals surface area contributed by atoms with Crippen LogP contribution in [0.5, 0.6) is 0 Å². The molecule has 0 aromatic carbocycles. The molecule has 3 heteroatoms. The summed E-state index contributed by atoms with van der Waals surface area (Å²) in [6.45, 7) is 2.76. The molecule has 1 aromatic heterocycles. The topological polar surface area (TPSA) is 40.2 Å². The van der Waals surface area contributed by atoms with Crippen molar-refractivity contribution in [1.29, 1.82) is 5.26 Å². The molecule has 1 saturated carbocycles. The largest absolute Gasteiger partial charge is 0.465 e. The summed E-state index contributed by atoms with van der Waals surface area (Å²) in [7, 11) is 2.08. The number of nitriles is 1. The van der Waals surface area contributed by atoms with E-state index in [1.165, 1.54) is 6.42 Å². The van der Waals surface area contributed by atoms with Crippen LogP contribution in [0.1, 0.15) is 30.8 Å². The molecule has 0 aliphatic heterocycles. The minimum Gasteiger partial charge on any atom is -0.465 e. The van der Waals surface area contributed by atoms with Crippen LogP contribution >= 0.6 is 0 Å². The number of hydrogen-bond donors (Lipinski definition) is 0. The Morgan fingerprint density at radius 2 is 2.31 bits per heavy atom. The van der Waals surface area contributed by atoms with Crippen molar-refractivity contribution in [3.05, 3.63) is 23.7 Å². The summed E-state index contributed by atoms with van der Waals surface area (Å²) in [5.74, 6) is 2.14. The average Bonchev–Trinajstić information content (AvgIpc) is 2.86. The third kappa shape index (κ3) is 2.28. The molecule has 0 bridgehead atoms. The molecule has 16 heavy (non-hydrogen) atoms. The normalized spacial score (nSPS) is 24.9. The second-order valence-corrected chi connectivity index (χ2v) is 4.66. The van der Waals surface area contributed by atoms with Crippen molar-refractivity contribution >= 4 is 0 Å². The smallest absolute Gasteiger partial charge is 0.118 e. The van der Waals surface area contributed by atoms with E-state index in [0.717, 1.165) is 30.9 Å². The average molecular weight is 218 g/mol. The highest BCUT2D eigenvalue weighted by atomic mass is 16.3. The first kappa shape index (κ1) is 11.2. The highest BCUT2D eigenvalue weighted by molar-refractivity contribution is 5.06. The maximum atomic E-state index is 9.06. The van der Waals surface area contributed by atoms with Crippen molar-refractivity contribution in [2.45, 2.75) is 38.8 Å². The molecule has 0 N–H and O–H groups in total. The van der Waals surface area contributed by atoms with E-state index < -0.39 is 0 Å². The third-order valence-corrected chi connectivity index (χ3v) is 3.41. The Hall–Kier alpha value is -1.27. The number of nitrogens with zero attached hydrogens (tertiary/aromatic N) is 2. The lowest BCUT2D eigenvalue weighted by Crippen LogP contribution is -2.33. The third-order valence-electron chi connectivity index (χ3n) is 3.41. The summed E-state index contributed by atoms with van der Waals surface area (Å²) in [4.78, 5) is 2.25. The second-order valence-electron chi connectivity index (χ2n) is 4.66. The van der Waals surface area contributed by atoms with Crippen LogP contribution in [0, 0.1) is 24.2 Å². The van der Waals surface area contributed by atoms with Crippen molar-refractivity contribution in [3.63, 3.8) is 0 Å². The van der Waals surface area contributed by atoms with E-state index in [9.17, 15) is 0 Å². The molecule has 2 unspecified atom stereocenters. The van der Waals surface area contributed by atoms with Crippen molar-refractivity contribution in [2.24, 2.45) is 5.92 Å². The zero-order valence-corrected chi connectivity index (χ0v) is 9.94. The molecule has 0 saturated heterocycles. The van der Waals surface area contributed by atoms with Crippen LogP contribution in [0.25, 0.3) is 0 Å². The Balaban J connectivity index is 1.98. The summed E-state index contributed by atoms with van der Waals surface area (Å²) in [6, 6.07) is 6.81. The van der Waals surface area contributed by atoms with E-state index in [1.54, 1.807) is 0 Å². The molecule has 0 amide bonds. The molecule has 0 spiro atoms. The van der Waals surface area contributed by atoms with E-state index in [-0.39, 0.29) is 5.92 Å². The van der Waals surface area contributed by atoms with E-state index in [0.29, 0.717) is 6.04 Å². The first-order valence-corrected chi connectivity index (χ1v) is 5.86. The van der Waals surface area contributed by atoms with Gasteiger partial charge in [0.1, 0.15) is 11.5 Å². The van der Waals surface area contributed by atoms with Crippen LogP contribution in [0.15, 0.2) is 16.5 Å². The van der Waals surface area contributed by atoms with Gasteiger partial charge < -0.3 is 4.42 Å². The van der Waals surface area contributed by atoms with Gasteiger partial charge in [-0.15, -0.1) is 0 Å². The Kier molecular flexibility index (Phi) is 3.31. The molecular formula is C13H18N2O. The fraction of sp³-hybridized carbons (Fsp3) is 0.615. The van der Waals surface area contributed by atoms with Gasteiger partial charge in [-0.25, -0.2) is 0 Å². The maximum absolute atomic E-state index is 9.06. The lowest BCUT2D eigenvalue weighted by molar-refractivity contribution is 0.196. The van der Waals surface area contributed by atoms with Gasteiger partial charge in [0.05, 0.1) is 18.5 Å². The van der Waals surface area contributed by atoms with Gasteiger partial charge in [0, 0.05) is 6.04 Å². The molecule has 2 atom stereocenters. The van der Waals surface area contributed by atoms with Gasteiger partial charge in [0.25, 0.3) is 0 Å². The lowest BCUT2D eigenvalue weighted by atomic mass is 10.0. The fourth-order valence-corrected chi connectivity index (χ4v) is 2.55. The SMILES string of the molecule is Cc1ccc(CN(C)C2CCCC2C#N)o1. The summed E-state index contributed by atoms with van der Waals surface area (Å²) < 4.78 is 5.56. The van der Waals surface area contributed by atoms with Gasteiger partial charge in [-0.2, -0.15) is 5.26 Å². The molecule has 1 aliphatic carbocycles. The number of furan rings is 1. The zero-order chi connectivity index (χ0) is 11.5. The zero-order valence-electron chi connectivity index (χ0n) is 9.94. The maximum Gasteiger partial charge on any atom is 0.118 e. The first-order valence-electron chi connectivity index (χ1n) is 5.86. The highest BCUT2D eigenvalue weighted by Gasteiger charge is 2.30. The van der Waals surface area contributed by atoms with Crippen molar-refractivity contribution in [1.82, 2.24) is 4.90 Å². The van der Waals surface area contributed by atoms with Gasteiger partial charge in [0.15, 0.2) is 0 Å². The second kappa shape index (κ2) is 4.71. The van der Waals surface area contributed by atoms with Gasteiger partial charge in [-0.1, -0.05) is 6.42 Å². The van der Waals surface area contributed by atoms with Crippen molar-refractivity contribution in [3.8, 4) is 6.07 Å². The van der Waals surface area contributed by atoms with Crippen molar-refractivity contribution in [2.75, 3.05) is 7.05 Å². The molecular weight excluding hydrogens is 200 g/mol. The quantitative estimate of drug-likeness (QED) is 0.783. The molecule has 0 radical (unpaired) electrons. The summed E-state index contributed by atoms with van der Waals surface area (Å²) in [5, 5.41) is 9.06. The van der Waals surface area contributed by atoms with Crippen LogP contribution in [0.2, 0.25) is 0 Å². The Morgan fingerprint density at radius 3 is 2.94 bits per heavy atom. The van der Waals surface area contributed by atoms with Crippen molar-refractivity contribution < 1.29 is 4.42 Å². The van der Waals surface area contributed by atoms with Gasteiger partial charge >= 0.3 is 0 Å². The van der Waals surface area contributed by atoms with E-state index in [2.05, 4.69) is 18.0 Å². The number of aryl methyl sites for hydroxylation is 1. The molecule has 86 valence electrons.